The molecule has 2 saturated heterocycles. The van der Waals surface area contributed by atoms with Gasteiger partial charge in [-0.3, -0.25) is 4.79 Å². The molecular formula is C86H169NO13. The normalized spacial score (nSPS) is 21.7. The summed E-state index contributed by atoms with van der Waals surface area (Å²) in [5.41, 5.74) is 0. The summed E-state index contributed by atoms with van der Waals surface area (Å²) >= 11 is 0. The second-order valence-electron chi connectivity index (χ2n) is 31.7. The van der Waals surface area contributed by atoms with E-state index in [4.69, 9.17) is 18.9 Å². The van der Waals surface area contributed by atoms with Crippen LogP contribution >= 0.6 is 0 Å². The Labute approximate surface area is 616 Å². The summed E-state index contributed by atoms with van der Waals surface area (Å²) in [5, 5.41) is 88.0. The molecule has 1 amide bonds. The molecule has 14 nitrogen and oxygen atoms in total. The van der Waals surface area contributed by atoms with Crippen molar-refractivity contribution in [3.63, 3.8) is 0 Å². The summed E-state index contributed by atoms with van der Waals surface area (Å²) in [7, 11) is 0. The Morgan fingerprint density at radius 3 is 0.850 bits per heavy atom. The molecule has 0 aromatic carbocycles. The third kappa shape index (κ3) is 52.9. The highest BCUT2D eigenvalue weighted by Gasteiger charge is 2.51. The Hall–Kier alpha value is -1.01. The molecule has 12 atom stereocenters. The van der Waals surface area contributed by atoms with Crippen molar-refractivity contribution in [2.45, 2.75) is 524 Å². The number of carbonyl (C=O) groups excluding carboxylic acids is 1. The van der Waals surface area contributed by atoms with Crippen LogP contribution in [-0.2, 0) is 23.7 Å². The molecule has 2 fully saturated rings. The number of unbranched alkanes of at least 4 members (excludes halogenated alkanes) is 64. The summed E-state index contributed by atoms with van der Waals surface area (Å²) < 4.78 is 23.0. The lowest BCUT2D eigenvalue weighted by Crippen LogP contribution is -2.65. The number of hydrogen-bond acceptors (Lipinski definition) is 13. The van der Waals surface area contributed by atoms with E-state index in [2.05, 4.69) is 19.2 Å². The van der Waals surface area contributed by atoms with Crippen molar-refractivity contribution in [3.05, 3.63) is 0 Å². The molecule has 0 aliphatic carbocycles. The fourth-order valence-electron chi connectivity index (χ4n) is 15.4. The molecule has 0 saturated carbocycles. The van der Waals surface area contributed by atoms with E-state index in [-0.39, 0.29) is 12.5 Å². The van der Waals surface area contributed by atoms with E-state index in [1.165, 1.54) is 372 Å². The van der Waals surface area contributed by atoms with Gasteiger partial charge in [0.15, 0.2) is 12.6 Å². The number of amides is 1. The van der Waals surface area contributed by atoms with Gasteiger partial charge >= 0.3 is 0 Å². The van der Waals surface area contributed by atoms with Crippen LogP contribution in [-0.4, -0.2) is 140 Å². The van der Waals surface area contributed by atoms with Crippen molar-refractivity contribution in [1.29, 1.82) is 0 Å². The quantitative estimate of drug-likeness (QED) is 0.0259. The average molecular weight is 1430 g/mol. The molecule has 14 heteroatoms. The smallest absolute Gasteiger partial charge is 0.220 e. The molecule has 0 spiro atoms. The Morgan fingerprint density at radius 2 is 0.570 bits per heavy atom. The van der Waals surface area contributed by atoms with Crippen LogP contribution in [0.3, 0.4) is 0 Å². The van der Waals surface area contributed by atoms with Crippen molar-refractivity contribution in [3.8, 4) is 0 Å². The molecule has 596 valence electrons. The molecule has 0 aromatic heterocycles. The van der Waals surface area contributed by atoms with E-state index in [9.17, 15) is 45.6 Å². The van der Waals surface area contributed by atoms with Crippen LogP contribution in [0.4, 0.5) is 0 Å². The second kappa shape index (κ2) is 70.9. The molecule has 2 heterocycles. The van der Waals surface area contributed by atoms with Gasteiger partial charge in [-0.1, -0.05) is 431 Å². The maximum atomic E-state index is 13.4. The van der Waals surface area contributed by atoms with E-state index >= 15 is 0 Å². The lowest BCUT2D eigenvalue weighted by molar-refractivity contribution is -0.359. The van der Waals surface area contributed by atoms with E-state index in [1.54, 1.807) is 0 Å². The zero-order chi connectivity index (χ0) is 72.2. The highest BCUT2D eigenvalue weighted by molar-refractivity contribution is 5.76. The highest BCUT2D eigenvalue weighted by atomic mass is 16.7. The predicted molar refractivity (Wildman–Crippen MR) is 416 cm³/mol. The second-order valence-corrected chi connectivity index (χ2v) is 31.7. The fraction of sp³-hybridized carbons (Fsp3) is 0.988. The van der Waals surface area contributed by atoms with Gasteiger partial charge in [-0.2, -0.15) is 0 Å². The van der Waals surface area contributed by atoms with Crippen LogP contribution < -0.4 is 5.32 Å². The number of hydrogen-bond donors (Lipinski definition) is 9. The van der Waals surface area contributed by atoms with Gasteiger partial charge in [0.1, 0.15) is 48.8 Å². The van der Waals surface area contributed by atoms with Crippen LogP contribution in [0, 0.1) is 0 Å². The number of aliphatic hydroxyl groups is 8. The van der Waals surface area contributed by atoms with Gasteiger partial charge in [0.2, 0.25) is 5.91 Å². The fourth-order valence-corrected chi connectivity index (χ4v) is 15.4. The van der Waals surface area contributed by atoms with E-state index < -0.39 is 86.8 Å². The van der Waals surface area contributed by atoms with Gasteiger partial charge in [-0.05, 0) is 12.8 Å². The first kappa shape index (κ1) is 95.1. The highest BCUT2D eigenvalue weighted by Crippen LogP contribution is 2.31. The average Bonchev–Trinajstić information content (AvgIpc) is 0.791. The molecule has 2 rings (SSSR count). The number of carbonyl (C=O) groups is 1. The molecule has 12 unspecified atom stereocenters. The summed E-state index contributed by atoms with van der Waals surface area (Å²) in [5.74, 6) is -0.194. The zero-order valence-corrected chi connectivity index (χ0v) is 65.8. The van der Waals surface area contributed by atoms with Crippen molar-refractivity contribution in [2.24, 2.45) is 0 Å². The van der Waals surface area contributed by atoms with E-state index in [0.717, 1.165) is 51.4 Å². The van der Waals surface area contributed by atoms with Gasteiger partial charge in [-0.15, -0.1) is 0 Å². The largest absolute Gasteiger partial charge is 0.394 e. The van der Waals surface area contributed by atoms with Gasteiger partial charge in [0, 0.05) is 6.42 Å². The van der Waals surface area contributed by atoms with E-state index in [0.29, 0.717) is 12.8 Å². The minimum atomic E-state index is -1.78. The van der Waals surface area contributed by atoms with Crippen molar-refractivity contribution < 1.29 is 64.6 Å². The van der Waals surface area contributed by atoms with Crippen LogP contribution in [0.25, 0.3) is 0 Å². The van der Waals surface area contributed by atoms with Gasteiger partial charge in [-0.25, -0.2) is 0 Å². The van der Waals surface area contributed by atoms with Crippen LogP contribution in [0.2, 0.25) is 0 Å². The maximum absolute atomic E-state index is 13.4. The maximum Gasteiger partial charge on any atom is 0.220 e. The molecule has 0 bridgehead atoms. The van der Waals surface area contributed by atoms with Crippen molar-refractivity contribution >= 4 is 5.91 Å². The lowest BCUT2D eigenvalue weighted by atomic mass is 9.97. The zero-order valence-electron chi connectivity index (χ0n) is 65.8. The Kier molecular flexibility index (Phi) is 67.4. The number of rotatable bonds is 77. The Balaban J connectivity index is 1.56. The van der Waals surface area contributed by atoms with Crippen molar-refractivity contribution in [2.75, 3.05) is 19.8 Å². The van der Waals surface area contributed by atoms with Crippen LogP contribution in [0.15, 0.2) is 0 Å². The first-order chi connectivity index (χ1) is 49.1. The minimum Gasteiger partial charge on any atom is -0.394 e. The third-order valence-corrected chi connectivity index (χ3v) is 22.3. The molecule has 2 aliphatic rings. The van der Waals surface area contributed by atoms with Gasteiger partial charge in [0.05, 0.1) is 32.0 Å². The predicted octanol–water partition coefficient (Wildman–Crippen LogP) is 21.0. The summed E-state index contributed by atoms with van der Waals surface area (Å²) in [6.07, 6.45) is 73.2. The summed E-state index contributed by atoms with van der Waals surface area (Å²) in [4.78, 5) is 13.4. The Bertz CT molecular complexity index is 1680. The van der Waals surface area contributed by atoms with Crippen LogP contribution in [0.1, 0.15) is 450 Å². The number of aliphatic hydroxyl groups excluding tert-OH is 8. The number of nitrogens with one attached hydrogen (secondary N) is 1. The van der Waals surface area contributed by atoms with Gasteiger partial charge < -0.3 is 65.1 Å². The molecule has 9 N–H and O–H groups in total. The SMILES string of the molecule is CCCCCCCCCCCCCCCCCCCCCCCCCCCCCCCCCCCCC(=O)NC(COC1OC(CO)C(OC2OC(CO)C(O)C(O)C2O)C(O)C1O)C(O)CCCCCCCCCCCCCCCCCCCCCCCCCCCCCCCCCC. The van der Waals surface area contributed by atoms with Crippen molar-refractivity contribution in [1.82, 2.24) is 5.32 Å². The molecule has 100 heavy (non-hydrogen) atoms. The van der Waals surface area contributed by atoms with Crippen LogP contribution in [0.5, 0.6) is 0 Å². The molecule has 2 aliphatic heterocycles. The summed E-state index contributed by atoms with van der Waals surface area (Å²) in [6.45, 7) is 2.96. The minimum absolute atomic E-state index is 0.194. The van der Waals surface area contributed by atoms with E-state index in [1.807, 2.05) is 0 Å². The first-order valence-corrected chi connectivity index (χ1v) is 44.3. The topological polar surface area (TPSA) is 228 Å². The lowest BCUT2D eigenvalue weighted by Gasteiger charge is -2.46. The summed E-state index contributed by atoms with van der Waals surface area (Å²) in [6, 6.07) is -0.826. The van der Waals surface area contributed by atoms with Gasteiger partial charge in [0.25, 0.3) is 0 Å². The standard InChI is InChI=1S/C86H169NO13/c1-3-5-7-9-11-13-15-17-19-21-23-25-27-29-31-33-35-37-38-40-42-44-46-48-50-52-54-56-58-60-62-64-66-68-70-78(91)87-74(73-97-85-83(96)81(94)84(77(72-89)99-85)100-86-82(95)80(93)79(92)76(71-88)98-86)75(90)69-67-65-63-61-59-57-55-53-51-49-47-45-43-41-39-36-34-32-30-28-26-24-22-20-18-16-14-12-10-8-6-4-2/h74-77,79-86,88-90,92-96H,3-73H2,1-2H3,(H,87,91). The molecule has 0 aromatic rings. The third-order valence-electron chi connectivity index (χ3n) is 22.3. The number of ether oxygens (including phenoxy) is 4. The molecular weight excluding hydrogens is 1250 g/mol. The Morgan fingerprint density at radius 1 is 0.320 bits per heavy atom. The molecule has 0 radical (unpaired) electrons. The first-order valence-electron chi connectivity index (χ1n) is 44.3. The monoisotopic (exact) mass is 1420 g/mol.